The highest BCUT2D eigenvalue weighted by Crippen LogP contribution is 2.30. The summed E-state index contributed by atoms with van der Waals surface area (Å²) in [5, 5.41) is 10.8. The number of hydrogen-bond acceptors (Lipinski definition) is 4. The van der Waals surface area contributed by atoms with Crippen LogP contribution in [0.15, 0.2) is 18.3 Å². The second kappa shape index (κ2) is 5.10. The topological polar surface area (TPSA) is 88.3 Å². The quantitative estimate of drug-likeness (QED) is 0.707. The van der Waals surface area contributed by atoms with Crippen molar-refractivity contribution in [3.63, 3.8) is 0 Å². The molecule has 0 saturated carbocycles. The maximum atomic E-state index is 11.4. The maximum Gasteiger partial charge on any atom is 0.310 e. The van der Waals surface area contributed by atoms with Crippen molar-refractivity contribution in [2.45, 2.75) is 12.8 Å². The van der Waals surface area contributed by atoms with Crippen LogP contribution >= 0.6 is 0 Å². The van der Waals surface area contributed by atoms with E-state index in [1.165, 1.54) is 7.11 Å². The number of benzene rings is 1. The first-order chi connectivity index (χ1) is 8.67. The van der Waals surface area contributed by atoms with Crippen molar-refractivity contribution < 1.29 is 14.6 Å². The highest BCUT2D eigenvalue weighted by molar-refractivity contribution is 5.91. The molecule has 4 N–H and O–H groups in total. The van der Waals surface area contributed by atoms with Gasteiger partial charge in [-0.3, -0.25) is 4.79 Å². The zero-order valence-electron chi connectivity index (χ0n) is 10.2. The summed E-state index contributed by atoms with van der Waals surface area (Å²) in [6.07, 6.45) is 2.51. The Morgan fingerprint density at radius 2 is 2.28 bits per heavy atom. The van der Waals surface area contributed by atoms with Gasteiger partial charge in [0.15, 0.2) is 0 Å². The van der Waals surface area contributed by atoms with Crippen LogP contribution in [-0.2, 0) is 22.4 Å². The lowest BCUT2D eigenvalue weighted by molar-refractivity contribution is -0.139. The number of ether oxygens (including phenoxy) is 1. The Kier molecular flexibility index (Phi) is 3.53. The number of carbonyl (C=O) groups is 1. The van der Waals surface area contributed by atoms with Crippen LogP contribution in [0.5, 0.6) is 5.75 Å². The SMILES string of the molecule is COC(=O)Cc1c[nH]c2ccc(O)c(CCN)c12. The fourth-order valence-corrected chi connectivity index (χ4v) is 2.13. The summed E-state index contributed by atoms with van der Waals surface area (Å²) in [5.41, 5.74) is 8.03. The van der Waals surface area contributed by atoms with Gasteiger partial charge in [-0.25, -0.2) is 0 Å². The molecular weight excluding hydrogens is 232 g/mol. The lowest BCUT2D eigenvalue weighted by atomic mass is 10.0. The summed E-state index contributed by atoms with van der Waals surface area (Å²) >= 11 is 0. The molecule has 18 heavy (non-hydrogen) atoms. The van der Waals surface area contributed by atoms with Crippen LogP contribution in [0.3, 0.4) is 0 Å². The van der Waals surface area contributed by atoms with E-state index < -0.39 is 0 Å². The molecule has 1 aromatic heterocycles. The number of aromatic nitrogens is 1. The molecule has 5 nitrogen and oxygen atoms in total. The standard InChI is InChI=1S/C13H16N2O3/c1-18-12(17)6-8-7-15-10-2-3-11(16)9(4-5-14)13(8)10/h2-3,7,15-16H,4-6,14H2,1H3. The van der Waals surface area contributed by atoms with E-state index in [0.717, 1.165) is 22.0 Å². The van der Waals surface area contributed by atoms with Gasteiger partial charge >= 0.3 is 5.97 Å². The number of methoxy groups -OCH3 is 1. The van der Waals surface area contributed by atoms with Crippen LogP contribution in [-0.4, -0.2) is 29.7 Å². The molecule has 0 aliphatic carbocycles. The van der Waals surface area contributed by atoms with Gasteiger partial charge in [-0.15, -0.1) is 0 Å². The van der Waals surface area contributed by atoms with E-state index in [0.29, 0.717) is 13.0 Å². The molecule has 0 unspecified atom stereocenters. The van der Waals surface area contributed by atoms with Crippen molar-refractivity contribution in [2.24, 2.45) is 5.73 Å². The van der Waals surface area contributed by atoms with Crippen LogP contribution in [0.1, 0.15) is 11.1 Å². The molecule has 5 heteroatoms. The fraction of sp³-hybridized carbons (Fsp3) is 0.308. The summed E-state index contributed by atoms with van der Waals surface area (Å²) < 4.78 is 4.66. The van der Waals surface area contributed by atoms with E-state index in [1.807, 2.05) is 0 Å². The first kappa shape index (κ1) is 12.4. The third-order valence-corrected chi connectivity index (χ3v) is 2.97. The largest absolute Gasteiger partial charge is 0.508 e. The van der Waals surface area contributed by atoms with Gasteiger partial charge in [0.1, 0.15) is 5.75 Å². The van der Waals surface area contributed by atoms with Crippen LogP contribution < -0.4 is 5.73 Å². The molecular formula is C13H16N2O3. The predicted molar refractivity (Wildman–Crippen MR) is 68.4 cm³/mol. The summed E-state index contributed by atoms with van der Waals surface area (Å²) in [6.45, 7) is 0.440. The van der Waals surface area contributed by atoms with Crippen LogP contribution in [0, 0.1) is 0 Å². The molecule has 0 aliphatic rings. The smallest absolute Gasteiger partial charge is 0.310 e. The molecule has 2 rings (SSSR count). The van der Waals surface area contributed by atoms with Crippen molar-refractivity contribution in [1.29, 1.82) is 0 Å². The number of nitrogens with one attached hydrogen (secondary N) is 1. The molecule has 0 atom stereocenters. The highest BCUT2D eigenvalue weighted by Gasteiger charge is 2.14. The third kappa shape index (κ3) is 2.17. The number of aromatic hydroxyl groups is 1. The van der Waals surface area contributed by atoms with Crippen molar-refractivity contribution in [2.75, 3.05) is 13.7 Å². The summed E-state index contributed by atoms with van der Waals surface area (Å²) in [7, 11) is 1.36. The maximum absolute atomic E-state index is 11.4. The summed E-state index contributed by atoms with van der Waals surface area (Å²) in [5.74, 6) is -0.100. The third-order valence-electron chi connectivity index (χ3n) is 2.97. The number of carbonyl (C=O) groups excluding carboxylic acids is 1. The molecule has 1 aromatic carbocycles. The first-order valence-electron chi connectivity index (χ1n) is 5.75. The number of fused-ring (bicyclic) bond motifs is 1. The average molecular weight is 248 g/mol. The second-order valence-electron chi connectivity index (χ2n) is 4.09. The molecule has 96 valence electrons. The number of esters is 1. The Bertz CT molecular complexity index is 575. The number of nitrogens with two attached hydrogens (primary N) is 1. The molecule has 0 fully saturated rings. The van der Waals surface area contributed by atoms with Gasteiger partial charge < -0.3 is 20.6 Å². The number of hydrogen-bond donors (Lipinski definition) is 3. The van der Waals surface area contributed by atoms with E-state index in [2.05, 4.69) is 9.72 Å². The van der Waals surface area contributed by atoms with Crippen molar-refractivity contribution in [1.82, 2.24) is 4.98 Å². The van der Waals surface area contributed by atoms with Gasteiger partial charge in [-0.1, -0.05) is 0 Å². The number of phenolic OH excluding ortho intramolecular Hbond substituents is 1. The molecule has 0 spiro atoms. The Morgan fingerprint density at radius 3 is 2.94 bits per heavy atom. The fourth-order valence-electron chi connectivity index (χ4n) is 2.13. The van der Waals surface area contributed by atoms with E-state index in [-0.39, 0.29) is 18.1 Å². The average Bonchev–Trinajstić information content (AvgIpc) is 2.76. The minimum atomic E-state index is -0.307. The number of rotatable bonds is 4. The van der Waals surface area contributed by atoms with E-state index >= 15 is 0 Å². The first-order valence-corrected chi connectivity index (χ1v) is 5.75. The Morgan fingerprint density at radius 1 is 1.50 bits per heavy atom. The molecule has 0 radical (unpaired) electrons. The zero-order valence-corrected chi connectivity index (χ0v) is 10.2. The summed E-state index contributed by atoms with van der Waals surface area (Å²) in [4.78, 5) is 14.4. The lowest BCUT2D eigenvalue weighted by Gasteiger charge is -2.07. The van der Waals surface area contributed by atoms with Gasteiger partial charge in [-0.2, -0.15) is 0 Å². The van der Waals surface area contributed by atoms with E-state index in [4.69, 9.17) is 5.73 Å². The zero-order chi connectivity index (χ0) is 13.1. The van der Waals surface area contributed by atoms with E-state index in [1.54, 1.807) is 18.3 Å². The normalized spacial score (nSPS) is 10.8. The van der Waals surface area contributed by atoms with Gasteiger partial charge in [0.25, 0.3) is 0 Å². The molecule has 1 heterocycles. The molecule has 2 aromatic rings. The minimum Gasteiger partial charge on any atom is -0.508 e. The number of aromatic amines is 1. The van der Waals surface area contributed by atoms with Gasteiger partial charge in [0.05, 0.1) is 13.5 Å². The summed E-state index contributed by atoms with van der Waals surface area (Å²) in [6, 6.07) is 3.41. The number of phenols is 1. The second-order valence-corrected chi connectivity index (χ2v) is 4.09. The highest BCUT2D eigenvalue weighted by atomic mass is 16.5. The molecule has 0 aliphatic heterocycles. The van der Waals surface area contributed by atoms with Gasteiger partial charge in [0, 0.05) is 22.7 Å². The molecule has 0 saturated heterocycles. The number of H-pyrrole nitrogens is 1. The lowest BCUT2D eigenvalue weighted by Crippen LogP contribution is -2.06. The van der Waals surface area contributed by atoms with Crippen molar-refractivity contribution in [3.8, 4) is 5.75 Å². The predicted octanol–water partition coefficient (Wildman–Crippen LogP) is 1.09. The van der Waals surface area contributed by atoms with Crippen molar-refractivity contribution in [3.05, 3.63) is 29.5 Å². The van der Waals surface area contributed by atoms with Crippen LogP contribution in [0.4, 0.5) is 0 Å². The van der Waals surface area contributed by atoms with Crippen LogP contribution in [0.2, 0.25) is 0 Å². The monoisotopic (exact) mass is 248 g/mol. The van der Waals surface area contributed by atoms with E-state index in [9.17, 15) is 9.90 Å². The Labute approximate surface area is 105 Å². The Hall–Kier alpha value is -2.01. The molecule has 0 bridgehead atoms. The Balaban J connectivity index is 2.54. The molecule has 0 amide bonds. The van der Waals surface area contributed by atoms with Crippen molar-refractivity contribution >= 4 is 16.9 Å². The van der Waals surface area contributed by atoms with Crippen LogP contribution in [0.25, 0.3) is 10.9 Å². The van der Waals surface area contributed by atoms with Gasteiger partial charge in [-0.05, 0) is 30.7 Å². The van der Waals surface area contributed by atoms with Gasteiger partial charge in [0.2, 0.25) is 0 Å². The minimum absolute atomic E-state index is 0.178.